The fourth-order valence-corrected chi connectivity index (χ4v) is 4.25. The van der Waals surface area contributed by atoms with Crippen LogP contribution in [0.25, 0.3) is 0 Å². The van der Waals surface area contributed by atoms with Gasteiger partial charge in [-0.05, 0) is 32.1 Å². The van der Waals surface area contributed by atoms with Crippen LogP contribution in [-0.4, -0.2) is 11.1 Å². The maximum absolute atomic E-state index is 12.1. The lowest BCUT2D eigenvalue weighted by molar-refractivity contribution is 0.477. The molecule has 0 aliphatic heterocycles. The van der Waals surface area contributed by atoms with Crippen LogP contribution in [0.1, 0.15) is 71.1 Å². The highest BCUT2D eigenvalue weighted by molar-refractivity contribution is 7.62. The molecule has 100 valence electrons. The zero-order chi connectivity index (χ0) is 12.6. The van der Waals surface area contributed by atoms with Crippen molar-refractivity contribution in [2.24, 2.45) is 0 Å². The van der Waals surface area contributed by atoms with E-state index in [1.807, 2.05) is 6.08 Å². The molecular formula is C14H27O2P. The Labute approximate surface area is 106 Å². The van der Waals surface area contributed by atoms with E-state index in [9.17, 15) is 9.46 Å². The van der Waals surface area contributed by atoms with Crippen molar-refractivity contribution in [3.8, 4) is 0 Å². The Balaban J connectivity index is 2.20. The van der Waals surface area contributed by atoms with Crippen LogP contribution in [0.5, 0.6) is 0 Å². The molecule has 0 spiro atoms. The van der Waals surface area contributed by atoms with Crippen LogP contribution >= 0.6 is 7.37 Å². The first-order chi connectivity index (χ1) is 8.17. The fraction of sp³-hybridized carbons (Fsp3) is 0.857. The van der Waals surface area contributed by atoms with Gasteiger partial charge in [0.2, 0.25) is 7.37 Å². The normalized spacial score (nSPS) is 19.8. The van der Waals surface area contributed by atoms with Gasteiger partial charge in [-0.15, -0.1) is 0 Å². The third kappa shape index (κ3) is 5.88. The Kier molecular flexibility index (Phi) is 7.15. The Morgan fingerprint density at radius 1 is 1.18 bits per heavy atom. The largest absolute Gasteiger partial charge is 0.341 e. The quantitative estimate of drug-likeness (QED) is 0.487. The van der Waals surface area contributed by atoms with E-state index in [2.05, 4.69) is 6.92 Å². The molecule has 0 amide bonds. The van der Waals surface area contributed by atoms with E-state index >= 15 is 0 Å². The highest BCUT2D eigenvalue weighted by atomic mass is 31.2. The van der Waals surface area contributed by atoms with E-state index in [4.69, 9.17) is 0 Å². The molecule has 0 aromatic rings. The van der Waals surface area contributed by atoms with Gasteiger partial charge in [-0.1, -0.05) is 45.1 Å². The Bertz CT molecular complexity index is 284. The molecule has 17 heavy (non-hydrogen) atoms. The molecule has 1 atom stereocenters. The fourth-order valence-electron chi connectivity index (χ4n) is 2.39. The molecule has 0 radical (unpaired) electrons. The van der Waals surface area contributed by atoms with Gasteiger partial charge >= 0.3 is 0 Å². The van der Waals surface area contributed by atoms with Gasteiger partial charge in [0.05, 0.1) is 0 Å². The summed E-state index contributed by atoms with van der Waals surface area (Å²) in [6, 6.07) is 0. The van der Waals surface area contributed by atoms with Crippen molar-refractivity contribution in [3.63, 3.8) is 0 Å². The minimum atomic E-state index is -2.96. The van der Waals surface area contributed by atoms with Crippen molar-refractivity contribution in [1.29, 1.82) is 0 Å². The number of hydrogen-bond acceptors (Lipinski definition) is 1. The average Bonchev–Trinajstić information content (AvgIpc) is 2.35. The minimum absolute atomic E-state index is 0.505. The Morgan fingerprint density at radius 3 is 2.53 bits per heavy atom. The summed E-state index contributed by atoms with van der Waals surface area (Å²) in [7, 11) is -2.96. The molecule has 1 aliphatic rings. The van der Waals surface area contributed by atoms with Gasteiger partial charge in [-0.2, -0.15) is 0 Å². The van der Waals surface area contributed by atoms with Crippen LogP contribution in [0.15, 0.2) is 11.4 Å². The second-order valence-electron chi connectivity index (χ2n) is 5.13. The van der Waals surface area contributed by atoms with Gasteiger partial charge in [0.25, 0.3) is 0 Å². The summed E-state index contributed by atoms with van der Waals surface area (Å²) in [5, 5.41) is 0.859. The molecular weight excluding hydrogens is 231 g/mol. The van der Waals surface area contributed by atoms with Crippen molar-refractivity contribution < 1.29 is 9.46 Å². The summed E-state index contributed by atoms with van der Waals surface area (Å²) >= 11 is 0. The zero-order valence-electron chi connectivity index (χ0n) is 11.2. The molecule has 0 saturated heterocycles. The second kappa shape index (κ2) is 8.11. The van der Waals surface area contributed by atoms with E-state index in [0.717, 1.165) is 37.4 Å². The SMILES string of the molecule is CCCCCCCCP(=O)(O)C1=CCCCC1. The van der Waals surface area contributed by atoms with Crippen molar-refractivity contribution in [3.05, 3.63) is 11.4 Å². The van der Waals surface area contributed by atoms with E-state index < -0.39 is 7.37 Å². The van der Waals surface area contributed by atoms with E-state index in [-0.39, 0.29) is 0 Å². The molecule has 0 saturated carbocycles. The highest BCUT2D eigenvalue weighted by Gasteiger charge is 2.24. The Morgan fingerprint density at radius 2 is 1.88 bits per heavy atom. The molecule has 1 rings (SSSR count). The molecule has 1 unspecified atom stereocenters. The van der Waals surface area contributed by atoms with E-state index in [1.165, 1.54) is 32.1 Å². The first-order valence-corrected chi connectivity index (χ1v) is 9.02. The molecule has 0 fully saturated rings. The minimum Gasteiger partial charge on any atom is -0.341 e. The lowest BCUT2D eigenvalue weighted by Gasteiger charge is -2.18. The molecule has 0 aromatic heterocycles. The van der Waals surface area contributed by atoms with Crippen LogP contribution < -0.4 is 0 Å². The Hall–Kier alpha value is -0.0700. The van der Waals surface area contributed by atoms with Crippen LogP contribution in [0.2, 0.25) is 0 Å². The highest BCUT2D eigenvalue weighted by Crippen LogP contribution is 2.53. The molecule has 2 nitrogen and oxygen atoms in total. The summed E-state index contributed by atoms with van der Waals surface area (Å²) in [6.07, 6.45) is 13.7. The molecule has 0 aromatic carbocycles. The van der Waals surface area contributed by atoms with Gasteiger partial charge in [0.1, 0.15) is 0 Å². The number of rotatable bonds is 8. The van der Waals surface area contributed by atoms with Crippen molar-refractivity contribution in [1.82, 2.24) is 0 Å². The number of hydrogen-bond donors (Lipinski definition) is 1. The maximum atomic E-state index is 12.1. The third-order valence-electron chi connectivity index (χ3n) is 3.53. The van der Waals surface area contributed by atoms with Gasteiger partial charge < -0.3 is 4.89 Å². The smallest absolute Gasteiger partial charge is 0.225 e. The lowest BCUT2D eigenvalue weighted by Crippen LogP contribution is -1.97. The number of unbranched alkanes of at least 4 members (excludes halogenated alkanes) is 5. The van der Waals surface area contributed by atoms with Crippen LogP contribution in [-0.2, 0) is 4.57 Å². The molecule has 0 bridgehead atoms. The van der Waals surface area contributed by atoms with Crippen LogP contribution in [0, 0.1) is 0 Å². The maximum Gasteiger partial charge on any atom is 0.225 e. The summed E-state index contributed by atoms with van der Waals surface area (Å²) in [6.45, 7) is 2.21. The molecule has 1 aliphatic carbocycles. The first-order valence-electron chi connectivity index (χ1n) is 7.18. The van der Waals surface area contributed by atoms with Gasteiger partial charge in [0.15, 0.2) is 0 Å². The lowest BCUT2D eigenvalue weighted by atomic mass is 10.1. The predicted molar refractivity (Wildman–Crippen MR) is 74.6 cm³/mol. The summed E-state index contributed by atoms with van der Waals surface area (Å²) in [5.74, 6) is 0. The monoisotopic (exact) mass is 258 g/mol. The van der Waals surface area contributed by atoms with Crippen LogP contribution in [0.4, 0.5) is 0 Å². The average molecular weight is 258 g/mol. The standard InChI is InChI=1S/C14H27O2P/c1-2-3-4-5-6-10-13-17(15,16)14-11-8-7-9-12-14/h11H,2-10,12-13H2,1H3,(H,15,16). The molecule has 3 heteroatoms. The van der Waals surface area contributed by atoms with E-state index in [1.54, 1.807) is 0 Å². The molecule has 1 N–H and O–H groups in total. The summed E-state index contributed by atoms with van der Waals surface area (Å²) in [5.41, 5.74) is 0. The van der Waals surface area contributed by atoms with E-state index in [0.29, 0.717) is 6.16 Å². The van der Waals surface area contributed by atoms with Crippen molar-refractivity contribution >= 4 is 7.37 Å². The van der Waals surface area contributed by atoms with Crippen molar-refractivity contribution in [2.75, 3.05) is 6.16 Å². The third-order valence-corrected chi connectivity index (χ3v) is 5.76. The van der Waals surface area contributed by atoms with Gasteiger partial charge in [-0.3, -0.25) is 4.57 Å². The number of allylic oxidation sites excluding steroid dienone is 2. The summed E-state index contributed by atoms with van der Waals surface area (Å²) in [4.78, 5) is 10.0. The predicted octanol–water partition coefficient (Wildman–Crippen LogP) is 5.08. The summed E-state index contributed by atoms with van der Waals surface area (Å²) < 4.78 is 12.1. The second-order valence-corrected chi connectivity index (χ2v) is 7.56. The zero-order valence-corrected chi connectivity index (χ0v) is 12.1. The molecule has 0 heterocycles. The van der Waals surface area contributed by atoms with Crippen molar-refractivity contribution in [2.45, 2.75) is 71.1 Å². The topological polar surface area (TPSA) is 37.3 Å². The van der Waals surface area contributed by atoms with Crippen LogP contribution in [0.3, 0.4) is 0 Å². The van der Waals surface area contributed by atoms with Gasteiger partial charge in [0, 0.05) is 11.5 Å². The first kappa shape index (κ1) is 15.0. The van der Waals surface area contributed by atoms with Gasteiger partial charge in [-0.25, -0.2) is 0 Å².